The van der Waals surface area contributed by atoms with E-state index in [4.69, 9.17) is 0 Å². The maximum absolute atomic E-state index is 13.0. The molecule has 0 amide bonds. The number of allylic oxidation sites excluding steroid dienone is 5. The summed E-state index contributed by atoms with van der Waals surface area (Å²) >= 11 is 3.50. The first-order chi connectivity index (χ1) is 15.5. The lowest BCUT2D eigenvalue weighted by atomic mass is 9.51. The summed E-state index contributed by atoms with van der Waals surface area (Å²) in [6, 6.07) is 8.15. The van der Waals surface area contributed by atoms with Gasteiger partial charge in [-0.3, -0.25) is 4.79 Å². The van der Waals surface area contributed by atoms with Crippen LogP contribution in [0.3, 0.4) is 0 Å². The van der Waals surface area contributed by atoms with E-state index in [1.807, 2.05) is 25.1 Å². The average Bonchev–Trinajstić information content (AvgIpc) is 3.02. The molecular weight excluding hydrogens is 493 g/mol. The molecule has 5 atom stereocenters. The number of halogens is 4. The first kappa shape index (κ1) is 23.1. The Hall–Kier alpha value is -1.66. The summed E-state index contributed by atoms with van der Waals surface area (Å²) in [5.74, 6) is 0.529. The third kappa shape index (κ3) is 3.87. The fourth-order valence-corrected chi connectivity index (χ4v) is 7.46. The van der Waals surface area contributed by atoms with Gasteiger partial charge in [0.15, 0.2) is 5.78 Å². The highest BCUT2D eigenvalue weighted by Crippen LogP contribution is 2.67. The summed E-state index contributed by atoms with van der Waals surface area (Å²) < 4.78 is 40.1. The van der Waals surface area contributed by atoms with Crippen molar-refractivity contribution in [3.63, 3.8) is 0 Å². The first-order valence-corrected chi connectivity index (χ1v) is 12.5. The predicted octanol–water partition coefficient (Wildman–Crippen LogP) is 7.20. The minimum Gasteiger partial charge on any atom is -0.385 e. The second-order valence-corrected chi connectivity index (χ2v) is 11.3. The highest BCUT2D eigenvalue weighted by Gasteiger charge is 2.62. The van der Waals surface area contributed by atoms with Crippen LogP contribution in [0.2, 0.25) is 0 Å². The van der Waals surface area contributed by atoms with Gasteiger partial charge in [-0.1, -0.05) is 40.6 Å². The zero-order valence-electron chi connectivity index (χ0n) is 18.6. The van der Waals surface area contributed by atoms with Gasteiger partial charge in [-0.15, -0.1) is 0 Å². The van der Waals surface area contributed by atoms with Crippen molar-refractivity contribution < 1.29 is 23.1 Å². The van der Waals surface area contributed by atoms with E-state index in [0.717, 1.165) is 40.9 Å². The lowest BCUT2D eigenvalue weighted by Crippen LogP contribution is -2.50. The average molecular weight is 521 g/mol. The van der Waals surface area contributed by atoms with E-state index in [-0.39, 0.29) is 29.6 Å². The van der Waals surface area contributed by atoms with Gasteiger partial charge in [0.2, 0.25) is 0 Å². The molecule has 0 bridgehead atoms. The Kier molecular flexibility index (Phi) is 5.56. The van der Waals surface area contributed by atoms with Gasteiger partial charge in [0.25, 0.3) is 0 Å². The summed E-state index contributed by atoms with van der Waals surface area (Å²) in [7, 11) is 0. The van der Waals surface area contributed by atoms with Gasteiger partial charge < -0.3 is 5.11 Å². The molecule has 0 saturated heterocycles. The van der Waals surface area contributed by atoms with Crippen LogP contribution in [-0.2, 0) is 4.79 Å². The molecule has 1 aromatic rings. The van der Waals surface area contributed by atoms with Crippen LogP contribution in [0.4, 0.5) is 13.2 Å². The van der Waals surface area contributed by atoms with E-state index >= 15 is 0 Å². The number of fused-ring (bicyclic) bond motifs is 4. The zero-order valence-corrected chi connectivity index (χ0v) is 20.2. The third-order valence-electron chi connectivity index (χ3n) is 8.77. The van der Waals surface area contributed by atoms with Crippen molar-refractivity contribution in [2.24, 2.45) is 17.3 Å². The molecule has 0 aliphatic heterocycles. The topological polar surface area (TPSA) is 37.3 Å². The van der Waals surface area contributed by atoms with E-state index < -0.39 is 17.2 Å². The number of carbonyl (C=O) groups is 1. The first-order valence-electron chi connectivity index (χ1n) is 11.7. The molecule has 4 aliphatic rings. The molecule has 0 aromatic heterocycles. The Morgan fingerprint density at radius 1 is 1.12 bits per heavy atom. The largest absolute Gasteiger partial charge is 0.409 e. The number of hydrogen-bond donors (Lipinski definition) is 1. The predicted molar refractivity (Wildman–Crippen MR) is 125 cm³/mol. The fourth-order valence-electron chi connectivity index (χ4n) is 7.20. The summed E-state index contributed by atoms with van der Waals surface area (Å²) in [6.07, 6.45) is 3.21. The molecule has 5 unspecified atom stereocenters. The van der Waals surface area contributed by atoms with Crippen LogP contribution in [-0.4, -0.2) is 22.7 Å². The van der Waals surface area contributed by atoms with Crippen LogP contribution < -0.4 is 0 Å². The zero-order chi connectivity index (χ0) is 23.6. The molecule has 2 saturated carbocycles. The van der Waals surface area contributed by atoms with Gasteiger partial charge in [-0.25, -0.2) is 0 Å². The molecule has 6 heteroatoms. The molecule has 1 aromatic carbocycles. The molecule has 1 N–H and O–H groups in total. The molecule has 33 heavy (non-hydrogen) atoms. The number of alkyl halides is 3. The molecule has 5 rings (SSSR count). The van der Waals surface area contributed by atoms with Crippen LogP contribution in [0.15, 0.2) is 63.7 Å². The van der Waals surface area contributed by atoms with Crippen molar-refractivity contribution in [1.82, 2.24) is 0 Å². The molecular formula is C27H28BrF3O2. The van der Waals surface area contributed by atoms with Crippen LogP contribution >= 0.6 is 15.9 Å². The summed E-state index contributed by atoms with van der Waals surface area (Å²) in [5.41, 5.74) is 2.78. The van der Waals surface area contributed by atoms with Crippen molar-refractivity contribution in [1.29, 1.82) is 0 Å². The lowest BCUT2D eigenvalue weighted by molar-refractivity contribution is -0.114. The molecule has 0 heterocycles. The standard InChI is InChI=1S/C27H28BrF3O2/c1-25-15-22(16-2-5-18(28)6-3-16)24-20-9-7-19(32)14-17(20)4-8-21(24)23(25)10-11-26(25,33)12-13-27(29,30)31/h2-3,5-6,12-14,21-23,33H,4,7-11,15H2,1H3. The lowest BCUT2D eigenvalue weighted by Gasteiger charge is -2.54. The number of benzene rings is 1. The molecule has 176 valence electrons. The van der Waals surface area contributed by atoms with Crippen molar-refractivity contribution in [2.45, 2.75) is 69.6 Å². The minimum atomic E-state index is -4.45. The highest BCUT2D eigenvalue weighted by atomic mass is 79.9. The summed E-state index contributed by atoms with van der Waals surface area (Å²) in [6.45, 7) is 1.99. The molecule has 0 radical (unpaired) electrons. The number of aliphatic hydroxyl groups is 1. The quantitative estimate of drug-likeness (QED) is 0.418. The van der Waals surface area contributed by atoms with Crippen LogP contribution in [0.1, 0.15) is 63.4 Å². The number of hydrogen-bond acceptors (Lipinski definition) is 2. The van der Waals surface area contributed by atoms with Crippen LogP contribution in [0.5, 0.6) is 0 Å². The van der Waals surface area contributed by atoms with Crippen molar-refractivity contribution in [3.8, 4) is 0 Å². The van der Waals surface area contributed by atoms with Gasteiger partial charge in [-0.2, -0.15) is 13.2 Å². The highest BCUT2D eigenvalue weighted by molar-refractivity contribution is 9.10. The molecule has 2 nitrogen and oxygen atoms in total. The van der Waals surface area contributed by atoms with E-state index in [9.17, 15) is 23.1 Å². The van der Waals surface area contributed by atoms with E-state index in [1.165, 1.54) is 11.1 Å². The second kappa shape index (κ2) is 7.94. The minimum absolute atomic E-state index is 0.0140. The van der Waals surface area contributed by atoms with Crippen molar-refractivity contribution in [2.75, 3.05) is 0 Å². The van der Waals surface area contributed by atoms with Gasteiger partial charge in [-0.05, 0) is 91.4 Å². The van der Waals surface area contributed by atoms with Gasteiger partial charge in [0.1, 0.15) is 0 Å². The van der Waals surface area contributed by atoms with Gasteiger partial charge >= 0.3 is 6.18 Å². The van der Waals surface area contributed by atoms with Crippen molar-refractivity contribution >= 4 is 21.7 Å². The van der Waals surface area contributed by atoms with Crippen molar-refractivity contribution in [3.05, 3.63) is 69.2 Å². The maximum Gasteiger partial charge on any atom is 0.409 e. The van der Waals surface area contributed by atoms with Gasteiger partial charge in [0, 0.05) is 28.3 Å². The number of ketones is 1. The Bertz CT molecular complexity index is 1070. The van der Waals surface area contributed by atoms with Crippen LogP contribution in [0.25, 0.3) is 0 Å². The van der Waals surface area contributed by atoms with Crippen LogP contribution in [0, 0.1) is 17.3 Å². The summed E-state index contributed by atoms with van der Waals surface area (Å²) in [4.78, 5) is 12.1. The molecule has 4 aliphatic carbocycles. The molecule has 2 fully saturated rings. The number of rotatable bonds is 2. The Morgan fingerprint density at radius 2 is 1.85 bits per heavy atom. The maximum atomic E-state index is 13.0. The summed E-state index contributed by atoms with van der Waals surface area (Å²) in [5, 5.41) is 11.6. The smallest absolute Gasteiger partial charge is 0.385 e. The van der Waals surface area contributed by atoms with E-state index in [2.05, 4.69) is 28.1 Å². The fraction of sp³-hybridized carbons (Fsp3) is 0.519. The van der Waals surface area contributed by atoms with E-state index in [0.29, 0.717) is 25.7 Å². The van der Waals surface area contributed by atoms with Gasteiger partial charge in [0.05, 0.1) is 5.60 Å². The Morgan fingerprint density at radius 3 is 2.55 bits per heavy atom. The number of carbonyl (C=O) groups excluding carboxylic acids is 1. The third-order valence-corrected chi connectivity index (χ3v) is 9.30. The van der Waals surface area contributed by atoms with E-state index in [1.54, 1.807) is 0 Å². The molecule has 0 spiro atoms. The monoisotopic (exact) mass is 520 g/mol. The SMILES string of the molecule is CC12CC(c3ccc(Br)cc3)C3=C4CCC(=O)C=C4CCC3C1CCC2(O)C=CC(F)(F)F. The second-order valence-electron chi connectivity index (χ2n) is 10.4. The normalized spacial score (nSPS) is 36.5. The Balaban J connectivity index is 1.65. The Labute approximate surface area is 200 Å².